The molecule has 7 heteroatoms. The molecule has 0 unspecified atom stereocenters. The number of fused-ring (bicyclic) bond motifs is 1. The van der Waals surface area contributed by atoms with Gasteiger partial charge in [-0.1, -0.05) is 0 Å². The first kappa shape index (κ1) is 12.7. The lowest BCUT2D eigenvalue weighted by Crippen LogP contribution is -2.37. The van der Waals surface area contributed by atoms with E-state index in [1.165, 1.54) is 4.90 Å². The van der Waals surface area contributed by atoms with Crippen LogP contribution in [0.15, 0.2) is 12.1 Å². The van der Waals surface area contributed by atoms with Gasteiger partial charge in [0.15, 0.2) is 5.82 Å². The Morgan fingerprint density at radius 3 is 2.75 bits per heavy atom. The molecular formula is C13H17N5O2. The standard InChI is InChI=1S/C13H17N5O2/c1-8-15-12(14)11-3-2-10(18(11)16-8)9-4-6-17(7-5-9)13(19)20/h2-3,9H,4-7H2,1H3,(H,19,20)(H2,14,15,16). The quantitative estimate of drug-likeness (QED) is 0.821. The maximum Gasteiger partial charge on any atom is 0.407 e. The molecule has 0 saturated carbocycles. The van der Waals surface area contributed by atoms with Crippen molar-refractivity contribution in [2.45, 2.75) is 25.7 Å². The third-order valence-corrected chi connectivity index (χ3v) is 3.86. The minimum absolute atomic E-state index is 0.307. The van der Waals surface area contributed by atoms with E-state index in [-0.39, 0.29) is 0 Å². The van der Waals surface area contributed by atoms with Crippen LogP contribution in [-0.2, 0) is 0 Å². The monoisotopic (exact) mass is 275 g/mol. The first-order valence-corrected chi connectivity index (χ1v) is 6.66. The van der Waals surface area contributed by atoms with E-state index in [2.05, 4.69) is 10.1 Å². The van der Waals surface area contributed by atoms with Crippen LogP contribution in [0.1, 0.15) is 30.3 Å². The third kappa shape index (κ3) is 2.04. The van der Waals surface area contributed by atoms with E-state index in [0.29, 0.717) is 30.6 Å². The van der Waals surface area contributed by atoms with Crippen molar-refractivity contribution in [3.8, 4) is 0 Å². The van der Waals surface area contributed by atoms with Crippen LogP contribution in [0.2, 0.25) is 0 Å². The van der Waals surface area contributed by atoms with Crippen molar-refractivity contribution >= 4 is 17.4 Å². The number of likely N-dealkylation sites (tertiary alicyclic amines) is 1. The second-order valence-corrected chi connectivity index (χ2v) is 5.14. The third-order valence-electron chi connectivity index (χ3n) is 3.86. The number of rotatable bonds is 1. The number of piperidine rings is 1. The van der Waals surface area contributed by atoms with E-state index in [9.17, 15) is 4.79 Å². The summed E-state index contributed by atoms with van der Waals surface area (Å²) in [4.78, 5) is 16.5. The van der Waals surface area contributed by atoms with E-state index >= 15 is 0 Å². The van der Waals surface area contributed by atoms with Gasteiger partial charge in [-0.05, 0) is 31.9 Å². The van der Waals surface area contributed by atoms with Gasteiger partial charge in [-0.15, -0.1) is 0 Å². The fraction of sp³-hybridized carbons (Fsp3) is 0.462. The topological polar surface area (TPSA) is 96.8 Å². The zero-order chi connectivity index (χ0) is 14.3. The van der Waals surface area contributed by atoms with Crippen molar-refractivity contribution in [1.29, 1.82) is 0 Å². The van der Waals surface area contributed by atoms with Gasteiger partial charge in [-0.2, -0.15) is 5.10 Å². The van der Waals surface area contributed by atoms with Crippen LogP contribution >= 0.6 is 0 Å². The van der Waals surface area contributed by atoms with E-state index in [4.69, 9.17) is 10.8 Å². The average Bonchev–Trinajstić information content (AvgIpc) is 2.82. The largest absolute Gasteiger partial charge is 0.465 e. The molecule has 106 valence electrons. The van der Waals surface area contributed by atoms with E-state index in [1.807, 2.05) is 23.6 Å². The molecule has 0 radical (unpaired) electrons. The molecule has 0 aromatic carbocycles. The van der Waals surface area contributed by atoms with Gasteiger partial charge in [0, 0.05) is 24.7 Å². The molecule has 0 aliphatic carbocycles. The molecule has 3 heterocycles. The van der Waals surface area contributed by atoms with Gasteiger partial charge in [-0.3, -0.25) is 0 Å². The van der Waals surface area contributed by atoms with Crippen molar-refractivity contribution in [3.63, 3.8) is 0 Å². The highest BCUT2D eigenvalue weighted by Crippen LogP contribution is 2.29. The van der Waals surface area contributed by atoms with Crippen molar-refractivity contribution in [2.24, 2.45) is 0 Å². The Morgan fingerprint density at radius 1 is 1.40 bits per heavy atom. The van der Waals surface area contributed by atoms with Gasteiger partial charge in [0.25, 0.3) is 0 Å². The fourth-order valence-electron chi connectivity index (χ4n) is 2.82. The summed E-state index contributed by atoms with van der Waals surface area (Å²) in [6, 6.07) is 3.94. The maximum absolute atomic E-state index is 10.9. The fourth-order valence-corrected chi connectivity index (χ4v) is 2.82. The van der Waals surface area contributed by atoms with Crippen molar-refractivity contribution in [3.05, 3.63) is 23.7 Å². The number of aryl methyl sites for hydroxylation is 1. The lowest BCUT2D eigenvalue weighted by molar-refractivity contribution is 0.131. The van der Waals surface area contributed by atoms with Gasteiger partial charge >= 0.3 is 6.09 Å². The summed E-state index contributed by atoms with van der Waals surface area (Å²) in [5.41, 5.74) is 7.80. The molecule has 1 saturated heterocycles. The second kappa shape index (κ2) is 4.66. The summed E-state index contributed by atoms with van der Waals surface area (Å²) in [6.45, 7) is 2.94. The first-order chi connectivity index (χ1) is 9.56. The predicted molar refractivity (Wildman–Crippen MR) is 73.7 cm³/mol. The van der Waals surface area contributed by atoms with Crippen LogP contribution in [0.5, 0.6) is 0 Å². The van der Waals surface area contributed by atoms with E-state index in [0.717, 1.165) is 24.1 Å². The molecule has 0 atom stereocenters. The lowest BCUT2D eigenvalue weighted by Gasteiger charge is -2.29. The Hall–Kier alpha value is -2.31. The number of nitrogen functional groups attached to an aromatic ring is 1. The zero-order valence-electron chi connectivity index (χ0n) is 11.3. The van der Waals surface area contributed by atoms with Crippen LogP contribution in [0.4, 0.5) is 10.6 Å². The molecule has 1 fully saturated rings. The molecule has 3 rings (SSSR count). The summed E-state index contributed by atoms with van der Waals surface area (Å²) in [5.74, 6) is 1.42. The summed E-state index contributed by atoms with van der Waals surface area (Å²) in [6.07, 6.45) is 0.772. The molecule has 1 amide bonds. The first-order valence-electron chi connectivity index (χ1n) is 6.66. The molecular weight excluding hydrogens is 258 g/mol. The molecule has 3 N–H and O–H groups in total. The molecule has 20 heavy (non-hydrogen) atoms. The highest BCUT2D eigenvalue weighted by molar-refractivity contribution is 5.66. The Balaban J connectivity index is 1.90. The lowest BCUT2D eigenvalue weighted by atomic mass is 9.94. The Labute approximate surface area is 116 Å². The summed E-state index contributed by atoms with van der Waals surface area (Å²) < 4.78 is 1.85. The van der Waals surface area contributed by atoms with Crippen LogP contribution in [0.25, 0.3) is 5.52 Å². The molecule has 2 aromatic heterocycles. The molecule has 0 bridgehead atoms. The van der Waals surface area contributed by atoms with Crippen molar-refractivity contribution < 1.29 is 9.90 Å². The Bertz CT molecular complexity index is 658. The second-order valence-electron chi connectivity index (χ2n) is 5.14. The van der Waals surface area contributed by atoms with Crippen molar-refractivity contribution in [1.82, 2.24) is 19.5 Å². The minimum atomic E-state index is -0.842. The van der Waals surface area contributed by atoms with Crippen LogP contribution in [-0.4, -0.2) is 43.8 Å². The molecule has 1 aliphatic heterocycles. The van der Waals surface area contributed by atoms with Gasteiger partial charge in [0.2, 0.25) is 0 Å². The molecule has 1 aliphatic rings. The molecule has 7 nitrogen and oxygen atoms in total. The number of nitrogens with two attached hydrogens (primary N) is 1. The van der Waals surface area contributed by atoms with Gasteiger partial charge in [0.05, 0.1) is 0 Å². The summed E-state index contributed by atoms with van der Waals surface area (Å²) in [5, 5.41) is 13.4. The Morgan fingerprint density at radius 2 is 2.10 bits per heavy atom. The van der Waals surface area contributed by atoms with E-state index < -0.39 is 6.09 Å². The number of carbonyl (C=O) groups is 1. The van der Waals surface area contributed by atoms with Crippen LogP contribution < -0.4 is 5.73 Å². The zero-order valence-corrected chi connectivity index (χ0v) is 11.3. The van der Waals surface area contributed by atoms with Crippen LogP contribution in [0.3, 0.4) is 0 Å². The van der Waals surface area contributed by atoms with Gasteiger partial charge in [-0.25, -0.2) is 14.3 Å². The summed E-state index contributed by atoms with van der Waals surface area (Å²) in [7, 11) is 0. The van der Waals surface area contributed by atoms with Gasteiger partial charge < -0.3 is 15.7 Å². The average molecular weight is 275 g/mol. The number of amides is 1. The molecule has 2 aromatic rings. The number of aromatic nitrogens is 3. The maximum atomic E-state index is 10.9. The normalized spacial score (nSPS) is 16.8. The smallest absolute Gasteiger partial charge is 0.407 e. The number of nitrogens with zero attached hydrogens (tertiary/aromatic N) is 4. The van der Waals surface area contributed by atoms with Crippen LogP contribution in [0, 0.1) is 6.92 Å². The number of anilines is 1. The number of hydrogen-bond donors (Lipinski definition) is 2. The number of carboxylic acid groups (broad SMARTS) is 1. The number of hydrogen-bond acceptors (Lipinski definition) is 4. The van der Waals surface area contributed by atoms with Crippen molar-refractivity contribution in [2.75, 3.05) is 18.8 Å². The van der Waals surface area contributed by atoms with E-state index in [1.54, 1.807) is 0 Å². The van der Waals surface area contributed by atoms with Gasteiger partial charge in [0.1, 0.15) is 11.3 Å². The highest BCUT2D eigenvalue weighted by atomic mass is 16.4. The predicted octanol–water partition coefficient (Wildman–Crippen LogP) is 1.48. The SMILES string of the molecule is Cc1nc(N)c2ccc(C3CCN(C(=O)O)CC3)n2n1. The minimum Gasteiger partial charge on any atom is -0.465 e. The molecule has 0 spiro atoms. The Kier molecular flexibility index (Phi) is 2.96. The highest BCUT2D eigenvalue weighted by Gasteiger charge is 2.25. The summed E-state index contributed by atoms with van der Waals surface area (Å²) >= 11 is 0.